The Labute approximate surface area is 115 Å². The van der Waals surface area contributed by atoms with E-state index in [2.05, 4.69) is 34.0 Å². The van der Waals surface area contributed by atoms with Crippen LogP contribution in [0.25, 0.3) is 0 Å². The summed E-state index contributed by atoms with van der Waals surface area (Å²) in [4.78, 5) is 11.4. The van der Waals surface area contributed by atoms with Crippen molar-refractivity contribution in [2.24, 2.45) is 0 Å². The van der Waals surface area contributed by atoms with Crippen LogP contribution in [0.5, 0.6) is 0 Å². The molecule has 5 nitrogen and oxygen atoms in total. The van der Waals surface area contributed by atoms with E-state index in [4.69, 9.17) is 4.74 Å². The lowest BCUT2D eigenvalue weighted by Gasteiger charge is -2.33. The van der Waals surface area contributed by atoms with Crippen LogP contribution in [0.3, 0.4) is 0 Å². The van der Waals surface area contributed by atoms with Crippen molar-refractivity contribution < 1.29 is 4.74 Å². The van der Waals surface area contributed by atoms with E-state index in [0.29, 0.717) is 6.10 Å². The minimum absolute atomic E-state index is 0.410. The molecule has 1 aromatic heterocycles. The van der Waals surface area contributed by atoms with Crippen molar-refractivity contribution in [3.63, 3.8) is 0 Å². The topological polar surface area (TPSA) is 50.3 Å². The third-order valence-electron chi connectivity index (χ3n) is 3.61. The van der Waals surface area contributed by atoms with E-state index in [0.717, 1.165) is 55.6 Å². The number of nitrogens with one attached hydrogen (secondary N) is 1. The van der Waals surface area contributed by atoms with Crippen molar-refractivity contribution in [3.8, 4) is 0 Å². The van der Waals surface area contributed by atoms with Crippen LogP contribution in [0.1, 0.15) is 31.2 Å². The number of piperidine rings is 1. The molecule has 0 unspecified atom stereocenters. The van der Waals surface area contributed by atoms with Crippen molar-refractivity contribution in [1.29, 1.82) is 0 Å². The van der Waals surface area contributed by atoms with Gasteiger partial charge in [-0.1, -0.05) is 0 Å². The fourth-order valence-corrected chi connectivity index (χ4v) is 2.63. The lowest BCUT2D eigenvalue weighted by molar-refractivity contribution is 0.0458. The zero-order valence-electron chi connectivity index (χ0n) is 12.4. The van der Waals surface area contributed by atoms with Crippen molar-refractivity contribution in [3.05, 3.63) is 11.4 Å². The minimum atomic E-state index is 0.410. The van der Waals surface area contributed by atoms with E-state index in [1.165, 1.54) is 0 Å². The quantitative estimate of drug-likeness (QED) is 0.903. The minimum Gasteiger partial charge on any atom is -0.378 e. The SMILES string of the molecule is CCOC1CCN(c2nc(C)nc(NC)c2C)CC1. The molecule has 19 heavy (non-hydrogen) atoms. The summed E-state index contributed by atoms with van der Waals surface area (Å²) in [5.74, 6) is 2.80. The summed E-state index contributed by atoms with van der Waals surface area (Å²) in [5.41, 5.74) is 1.13. The van der Waals surface area contributed by atoms with Gasteiger partial charge in [0.05, 0.1) is 6.10 Å². The maximum atomic E-state index is 5.69. The molecule has 1 aromatic rings. The molecular weight excluding hydrogens is 240 g/mol. The van der Waals surface area contributed by atoms with Crippen molar-refractivity contribution in [2.45, 2.75) is 39.7 Å². The molecule has 5 heteroatoms. The molecule has 0 bridgehead atoms. The van der Waals surface area contributed by atoms with E-state index >= 15 is 0 Å². The van der Waals surface area contributed by atoms with Crippen LogP contribution in [0.2, 0.25) is 0 Å². The molecule has 0 atom stereocenters. The highest BCUT2D eigenvalue weighted by Gasteiger charge is 2.22. The van der Waals surface area contributed by atoms with Crippen LogP contribution in [0.4, 0.5) is 11.6 Å². The molecule has 0 aromatic carbocycles. The Morgan fingerprint density at radius 1 is 1.26 bits per heavy atom. The first-order chi connectivity index (χ1) is 9.15. The van der Waals surface area contributed by atoms with Crippen LogP contribution in [0.15, 0.2) is 0 Å². The fourth-order valence-electron chi connectivity index (χ4n) is 2.63. The molecule has 0 aliphatic carbocycles. The summed E-state index contributed by atoms with van der Waals surface area (Å²) in [6.45, 7) is 8.89. The number of aromatic nitrogens is 2. The van der Waals surface area contributed by atoms with Gasteiger partial charge in [0.25, 0.3) is 0 Å². The Hall–Kier alpha value is -1.36. The standard InChI is InChI=1S/C14H24N4O/c1-5-19-12-6-8-18(9-7-12)14-10(2)13(15-4)16-11(3)17-14/h12H,5-9H2,1-4H3,(H,15,16,17). The van der Waals surface area contributed by atoms with Gasteiger partial charge in [-0.15, -0.1) is 0 Å². The summed E-state index contributed by atoms with van der Waals surface area (Å²) < 4.78 is 5.69. The Morgan fingerprint density at radius 2 is 1.95 bits per heavy atom. The number of nitrogens with zero attached hydrogens (tertiary/aromatic N) is 3. The lowest BCUT2D eigenvalue weighted by atomic mass is 10.1. The predicted octanol–water partition coefficient (Wildman–Crippen LogP) is 2.14. The zero-order valence-corrected chi connectivity index (χ0v) is 12.4. The van der Waals surface area contributed by atoms with Gasteiger partial charge >= 0.3 is 0 Å². The largest absolute Gasteiger partial charge is 0.378 e. The Morgan fingerprint density at radius 3 is 2.53 bits per heavy atom. The average molecular weight is 264 g/mol. The molecule has 0 spiro atoms. The lowest BCUT2D eigenvalue weighted by Crippen LogP contribution is -2.38. The Bertz CT molecular complexity index is 428. The van der Waals surface area contributed by atoms with Gasteiger partial charge in [0.2, 0.25) is 0 Å². The highest BCUT2D eigenvalue weighted by molar-refractivity contribution is 5.58. The van der Waals surface area contributed by atoms with Gasteiger partial charge in [-0.3, -0.25) is 0 Å². The third kappa shape index (κ3) is 3.15. The van der Waals surface area contributed by atoms with Crippen LogP contribution in [0, 0.1) is 13.8 Å². The van der Waals surface area contributed by atoms with Crippen molar-refractivity contribution in [2.75, 3.05) is 37.0 Å². The monoisotopic (exact) mass is 264 g/mol. The molecule has 2 heterocycles. The van der Waals surface area contributed by atoms with Gasteiger partial charge in [0, 0.05) is 32.3 Å². The summed E-state index contributed by atoms with van der Waals surface area (Å²) >= 11 is 0. The number of aryl methyl sites for hydroxylation is 1. The van der Waals surface area contributed by atoms with Gasteiger partial charge in [0.15, 0.2) is 0 Å². The van der Waals surface area contributed by atoms with Gasteiger partial charge < -0.3 is 15.0 Å². The first-order valence-electron chi connectivity index (χ1n) is 7.05. The van der Waals surface area contributed by atoms with Crippen LogP contribution < -0.4 is 10.2 Å². The molecule has 0 amide bonds. The molecule has 0 radical (unpaired) electrons. The van der Waals surface area contributed by atoms with E-state index in [1.807, 2.05) is 14.0 Å². The maximum absolute atomic E-state index is 5.69. The molecule has 1 aliphatic heterocycles. The van der Waals surface area contributed by atoms with E-state index in [1.54, 1.807) is 0 Å². The van der Waals surface area contributed by atoms with E-state index in [9.17, 15) is 0 Å². The number of hydrogen-bond donors (Lipinski definition) is 1. The highest BCUT2D eigenvalue weighted by atomic mass is 16.5. The number of anilines is 2. The van der Waals surface area contributed by atoms with E-state index in [-0.39, 0.29) is 0 Å². The zero-order chi connectivity index (χ0) is 13.8. The molecule has 1 aliphatic rings. The first kappa shape index (κ1) is 14.1. The first-order valence-corrected chi connectivity index (χ1v) is 7.05. The van der Waals surface area contributed by atoms with Gasteiger partial charge in [-0.25, -0.2) is 9.97 Å². The number of rotatable bonds is 4. The molecule has 1 fully saturated rings. The van der Waals surface area contributed by atoms with Gasteiger partial charge in [-0.2, -0.15) is 0 Å². The molecule has 1 N–H and O–H groups in total. The van der Waals surface area contributed by atoms with Crippen molar-refractivity contribution in [1.82, 2.24) is 9.97 Å². The average Bonchev–Trinajstić information content (AvgIpc) is 2.42. The van der Waals surface area contributed by atoms with E-state index < -0.39 is 0 Å². The molecule has 1 saturated heterocycles. The predicted molar refractivity (Wildman–Crippen MR) is 77.9 cm³/mol. The molecule has 2 rings (SSSR count). The van der Waals surface area contributed by atoms with Crippen LogP contribution >= 0.6 is 0 Å². The Kier molecular flexibility index (Phi) is 4.58. The number of hydrogen-bond acceptors (Lipinski definition) is 5. The second kappa shape index (κ2) is 6.19. The van der Waals surface area contributed by atoms with Gasteiger partial charge in [-0.05, 0) is 33.6 Å². The summed E-state index contributed by atoms with van der Waals surface area (Å²) in [6.07, 6.45) is 2.56. The third-order valence-corrected chi connectivity index (χ3v) is 3.61. The molecule has 0 saturated carbocycles. The van der Waals surface area contributed by atoms with Crippen molar-refractivity contribution >= 4 is 11.6 Å². The number of ether oxygens (including phenoxy) is 1. The molecule has 106 valence electrons. The maximum Gasteiger partial charge on any atom is 0.137 e. The normalized spacial score (nSPS) is 16.7. The smallest absolute Gasteiger partial charge is 0.137 e. The second-order valence-corrected chi connectivity index (χ2v) is 4.96. The van der Waals surface area contributed by atoms with Crippen LogP contribution in [-0.4, -0.2) is 42.8 Å². The summed E-state index contributed by atoms with van der Waals surface area (Å²) in [7, 11) is 1.90. The summed E-state index contributed by atoms with van der Waals surface area (Å²) in [6, 6.07) is 0. The van der Waals surface area contributed by atoms with Gasteiger partial charge in [0.1, 0.15) is 17.5 Å². The second-order valence-electron chi connectivity index (χ2n) is 4.96. The Balaban J connectivity index is 2.13. The highest BCUT2D eigenvalue weighted by Crippen LogP contribution is 2.26. The fraction of sp³-hybridized carbons (Fsp3) is 0.714. The van der Waals surface area contributed by atoms with Crippen LogP contribution in [-0.2, 0) is 4.74 Å². The molecular formula is C14H24N4O. The summed E-state index contributed by atoms with van der Waals surface area (Å²) in [5, 5.41) is 3.14.